The summed E-state index contributed by atoms with van der Waals surface area (Å²) in [5.74, 6) is 0.481. The number of benzene rings is 2. The number of nitrogens with one attached hydrogen (secondary N) is 2. The summed E-state index contributed by atoms with van der Waals surface area (Å²) in [6.07, 6.45) is 0. The minimum Gasteiger partial charge on any atom is -0.324 e. The van der Waals surface area contributed by atoms with E-state index in [9.17, 15) is 12.8 Å². The fraction of sp³-hybridized carbons (Fsp3) is 0.222. The summed E-state index contributed by atoms with van der Waals surface area (Å²) in [5, 5.41) is 11.7. The van der Waals surface area contributed by atoms with Gasteiger partial charge >= 0.3 is 0 Å². The fourth-order valence-corrected chi connectivity index (χ4v) is 4.29. The van der Waals surface area contributed by atoms with Crippen molar-refractivity contribution in [1.29, 1.82) is 0 Å². The summed E-state index contributed by atoms with van der Waals surface area (Å²) in [5.41, 5.74) is 0.629. The van der Waals surface area contributed by atoms with Crippen molar-refractivity contribution < 1.29 is 12.8 Å². The molecule has 7 nitrogen and oxygen atoms in total. The van der Waals surface area contributed by atoms with E-state index in [1.165, 1.54) is 30.3 Å². The fourth-order valence-electron chi connectivity index (χ4n) is 2.70. The zero-order valence-corrected chi connectivity index (χ0v) is 17.9. The van der Waals surface area contributed by atoms with Gasteiger partial charge in [-0.05, 0) is 56.3 Å². The second kappa shape index (κ2) is 8.66. The Bertz CT molecular complexity index is 1120. The van der Waals surface area contributed by atoms with Gasteiger partial charge < -0.3 is 5.32 Å². The highest BCUT2D eigenvalue weighted by Gasteiger charge is 2.24. The van der Waals surface area contributed by atoms with Gasteiger partial charge in [0, 0.05) is 12.2 Å². The van der Waals surface area contributed by atoms with Crippen molar-refractivity contribution in [2.24, 2.45) is 0 Å². The van der Waals surface area contributed by atoms with Gasteiger partial charge in [-0.3, -0.25) is 4.57 Å². The number of hydrogen-bond donors (Lipinski definition) is 2. The minimum atomic E-state index is -3.86. The van der Waals surface area contributed by atoms with Crippen LogP contribution in [0.2, 0.25) is 10.0 Å². The van der Waals surface area contributed by atoms with Crippen LogP contribution < -0.4 is 10.0 Å². The third-order valence-electron chi connectivity index (χ3n) is 4.12. The topological polar surface area (TPSA) is 88.9 Å². The number of aromatic nitrogens is 3. The number of anilines is 2. The summed E-state index contributed by atoms with van der Waals surface area (Å²) in [7, 11) is -3.86. The van der Waals surface area contributed by atoms with Gasteiger partial charge in [0.15, 0.2) is 5.82 Å². The van der Waals surface area contributed by atoms with Crippen LogP contribution in [-0.4, -0.2) is 23.2 Å². The maximum absolute atomic E-state index is 13.1. The number of rotatable bonds is 7. The molecule has 0 saturated heterocycles. The molecule has 1 aromatic heterocycles. The van der Waals surface area contributed by atoms with Crippen LogP contribution in [0, 0.1) is 5.82 Å². The Hall–Kier alpha value is -2.20. The van der Waals surface area contributed by atoms with Gasteiger partial charge in [-0.25, -0.2) is 17.5 Å². The van der Waals surface area contributed by atoms with E-state index < -0.39 is 16.1 Å². The van der Waals surface area contributed by atoms with Crippen molar-refractivity contribution in [2.45, 2.75) is 31.3 Å². The molecule has 0 aliphatic carbocycles. The largest absolute Gasteiger partial charge is 0.324 e. The van der Waals surface area contributed by atoms with Crippen LogP contribution in [0.4, 0.5) is 16.0 Å². The lowest BCUT2D eigenvalue weighted by atomic mass is 10.3. The zero-order valence-electron chi connectivity index (χ0n) is 15.5. The number of sulfonamides is 1. The number of nitrogens with zero attached hydrogens (tertiary/aromatic N) is 3. The number of hydrogen-bond acceptors (Lipinski definition) is 5. The lowest BCUT2D eigenvalue weighted by Gasteiger charge is -2.16. The third kappa shape index (κ3) is 4.87. The molecule has 11 heteroatoms. The van der Waals surface area contributed by atoms with Crippen LogP contribution in [0.25, 0.3) is 0 Å². The Balaban J connectivity index is 1.83. The summed E-state index contributed by atoms with van der Waals surface area (Å²) >= 11 is 11.8. The quantitative estimate of drug-likeness (QED) is 0.543. The molecule has 2 N–H and O–H groups in total. The van der Waals surface area contributed by atoms with Gasteiger partial charge in [0.05, 0.1) is 21.0 Å². The molecule has 0 spiro atoms. The maximum Gasteiger partial charge on any atom is 0.241 e. The van der Waals surface area contributed by atoms with E-state index in [4.69, 9.17) is 23.2 Å². The zero-order chi connectivity index (χ0) is 21.2. The minimum absolute atomic E-state index is 0.00836. The lowest BCUT2D eigenvalue weighted by Crippen LogP contribution is -2.29. The third-order valence-corrected chi connectivity index (χ3v) is 6.39. The van der Waals surface area contributed by atoms with Gasteiger partial charge in [-0.1, -0.05) is 23.2 Å². The van der Waals surface area contributed by atoms with Gasteiger partial charge in [0.2, 0.25) is 16.0 Å². The maximum atomic E-state index is 13.1. The molecule has 29 heavy (non-hydrogen) atoms. The first-order valence-corrected chi connectivity index (χ1v) is 10.9. The predicted molar refractivity (Wildman–Crippen MR) is 111 cm³/mol. The van der Waals surface area contributed by atoms with Crippen molar-refractivity contribution in [3.05, 3.63) is 64.2 Å². The second-order valence-corrected chi connectivity index (χ2v) is 8.71. The molecule has 3 rings (SSSR count). The number of halogens is 3. The first kappa shape index (κ1) is 21.5. The van der Waals surface area contributed by atoms with Crippen molar-refractivity contribution >= 4 is 44.9 Å². The summed E-state index contributed by atoms with van der Waals surface area (Å²) < 4.78 is 42.8. The molecule has 2 aromatic carbocycles. The highest BCUT2D eigenvalue weighted by Crippen LogP contribution is 2.26. The first-order valence-electron chi connectivity index (χ1n) is 8.64. The molecular weight excluding hydrogens is 440 g/mol. The molecule has 0 saturated carbocycles. The first-order chi connectivity index (χ1) is 13.7. The molecule has 1 atom stereocenters. The Labute approximate surface area is 177 Å². The average Bonchev–Trinajstić information content (AvgIpc) is 3.08. The molecular formula is C18H18Cl2FN5O2S. The predicted octanol–water partition coefficient (Wildman–Crippen LogP) is 4.53. The van der Waals surface area contributed by atoms with Gasteiger partial charge in [0.25, 0.3) is 0 Å². The molecule has 3 aromatic rings. The Morgan fingerprint density at radius 2 is 1.79 bits per heavy atom. The van der Waals surface area contributed by atoms with Crippen LogP contribution >= 0.6 is 23.2 Å². The van der Waals surface area contributed by atoms with E-state index in [0.717, 1.165) is 0 Å². The van der Waals surface area contributed by atoms with Gasteiger partial charge in [0.1, 0.15) is 5.82 Å². The van der Waals surface area contributed by atoms with E-state index in [-0.39, 0.29) is 20.8 Å². The van der Waals surface area contributed by atoms with Crippen LogP contribution in [0.5, 0.6) is 0 Å². The van der Waals surface area contributed by atoms with E-state index in [1.807, 2.05) is 6.92 Å². The van der Waals surface area contributed by atoms with Crippen LogP contribution in [0.15, 0.2) is 47.4 Å². The standard InChI is InChI=1S/C18H18Cl2FN5O2S/c1-3-26-17(23-24-18(26)22-13-6-4-12(21)5-7-13)11(2)25-29(27,28)14-8-9-15(19)16(20)10-14/h4-11,25H,3H2,1-2H3,(H,22,24)/t11-/m1/s1. The molecule has 1 heterocycles. The van der Waals surface area contributed by atoms with Gasteiger partial charge in [-0.15, -0.1) is 10.2 Å². The van der Waals surface area contributed by atoms with Crippen molar-refractivity contribution in [3.8, 4) is 0 Å². The van der Waals surface area contributed by atoms with Crippen molar-refractivity contribution in [3.63, 3.8) is 0 Å². The summed E-state index contributed by atoms with van der Waals surface area (Å²) in [4.78, 5) is -0.00836. The Morgan fingerprint density at radius 3 is 2.41 bits per heavy atom. The normalized spacial score (nSPS) is 12.7. The SMILES string of the molecule is CCn1c(Nc2ccc(F)cc2)nnc1[C@@H](C)NS(=O)(=O)c1ccc(Cl)c(Cl)c1. The summed E-state index contributed by atoms with van der Waals surface area (Å²) in [6.45, 7) is 4.03. The van der Waals surface area contributed by atoms with Crippen LogP contribution in [0.3, 0.4) is 0 Å². The molecule has 0 aliphatic rings. The Kier molecular flexibility index (Phi) is 6.42. The average molecular weight is 458 g/mol. The Morgan fingerprint density at radius 1 is 1.10 bits per heavy atom. The van der Waals surface area contributed by atoms with Crippen LogP contribution in [-0.2, 0) is 16.6 Å². The monoisotopic (exact) mass is 457 g/mol. The van der Waals surface area contributed by atoms with E-state index in [1.54, 1.807) is 23.6 Å². The van der Waals surface area contributed by atoms with E-state index >= 15 is 0 Å². The van der Waals surface area contributed by atoms with Crippen LogP contribution in [0.1, 0.15) is 25.7 Å². The smallest absolute Gasteiger partial charge is 0.241 e. The van der Waals surface area contributed by atoms with E-state index in [2.05, 4.69) is 20.2 Å². The second-order valence-electron chi connectivity index (χ2n) is 6.18. The molecule has 0 aliphatic heterocycles. The molecule has 0 amide bonds. The molecule has 154 valence electrons. The highest BCUT2D eigenvalue weighted by molar-refractivity contribution is 7.89. The lowest BCUT2D eigenvalue weighted by molar-refractivity contribution is 0.547. The molecule has 0 radical (unpaired) electrons. The van der Waals surface area contributed by atoms with Crippen molar-refractivity contribution in [1.82, 2.24) is 19.5 Å². The molecule has 0 bridgehead atoms. The van der Waals surface area contributed by atoms with Crippen molar-refractivity contribution in [2.75, 3.05) is 5.32 Å². The van der Waals surface area contributed by atoms with Gasteiger partial charge in [-0.2, -0.15) is 0 Å². The molecule has 0 fully saturated rings. The highest BCUT2D eigenvalue weighted by atomic mass is 35.5. The summed E-state index contributed by atoms with van der Waals surface area (Å²) in [6, 6.07) is 9.18. The molecule has 0 unspecified atom stereocenters. The van der Waals surface area contributed by atoms with E-state index in [0.29, 0.717) is 24.0 Å².